The second kappa shape index (κ2) is 13.6. The topological polar surface area (TPSA) is 21.3 Å². The van der Waals surface area contributed by atoms with E-state index in [1.807, 2.05) is 12.1 Å². The van der Waals surface area contributed by atoms with Crippen molar-refractivity contribution in [2.24, 2.45) is 0 Å². The van der Waals surface area contributed by atoms with Crippen LogP contribution in [0, 0.1) is 0 Å². The van der Waals surface area contributed by atoms with Crippen LogP contribution in [0.4, 0.5) is 17.1 Å². The maximum absolute atomic E-state index is 6.41. The van der Waals surface area contributed by atoms with E-state index in [2.05, 4.69) is 216 Å². The van der Waals surface area contributed by atoms with Gasteiger partial charge in [0.15, 0.2) is 0 Å². The van der Waals surface area contributed by atoms with Gasteiger partial charge < -0.3 is 13.9 Å². The number of aromatic nitrogens is 1. The van der Waals surface area contributed by atoms with Gasteiger partial charge in [-0.25, -0.2) is 0 Å². The Balaban J connectivity index is 1.11. The molecule has 0 saturated carbocycles. The standard InChI is InChI=1S/C54H36N2O/c1-3-14-37(15-4-1)38-26-28-39(29-27-38)40-30-33-43(34-31-40)56(48-21-10-7-18-44(48)41-32-35-46-45-19-9-12-25-52(45)57-53(46)36-41)51-24-13-23-50-54(51)47-20-8-11-22-49(47)55(50)42-16-5-2-6-17-42/h1-36H. The van der Waals surface area contributed by atoms with Gasteiger partial charge in [-0.3, -0.25) is 0 Å². The first-order valence-electron chi connectivity index (χ1n) is 19.4. The van der Waals surface area contributed by atoms with Gasteiger partial charge in [-0.05, 0) is 94.5 Å². The lowest BCUT2D eigenvalue weighted by molar-refractivity contribution is 0.669. The first-order valence-corrected chi connectivity index (χ1v) is 19.4. The Morgan fingerprint density at radius 3 is 1.67 bits per heavy atom. The lowest BCUT2D eigenvalue weighted by Crippen LogP contribution is -2.11. The number of furan rings is 1. The molecule has 0 N–H and O–H groups in total. The van der Waals surface area contributed by atoms with Crippen molar-refractivity contribution >= 4 is 60.8 Å². The van der Waals surface area contributed by atoms with Crippen LogP contribution in [-0.2, 0) is 0 Å². The molecule has 0 saturated heterocycles. The van der Waals surface area contributed by atoms with Crippen LogP contribution < -0.4 is 4.90 Å². The number of anilines is 3. The van der Waals surface area contributed by atoms with Gasteiger partial charge in [-0.2, -0.15) is 0 Å². The van der Waals surface area contributed by atoms with E-state index >= 15 is 0 Å². The quantitative estimate of drug-likeness (QED) is 0.163. The fourth-order valence-electron chi connectivity index (χ4n) is 8.54. The summed E-state index contributed by atoms with van der Waals surface area (Å²) in [5.41, 5.74) is 15.5. The van der Waals surface area contributed by atoms with Gasteiger partial charge in [0.25, 0.3) is 0 Å². The van der Waals surface area contributed by atoms with Crippen LogP contribution in [0.15, 0.2) is 223 Å². The lowest BCUT2D eigenvalue weighted by atomic mass is 9.98. The van der Waals surface area contributed by atoms with Crippen LogP contribution >= 0.6 is 0 Å². The summed E-state index contributed by atoms with van der Waals surface area (Å²) in [6.07, 6.45) is 0. The van der Waals surface area contributed by atoms with Crippen LogP contribution in [0.3, 0.4) is 0 Å². The van der Waals surface area contributed by atoms with Crippen LogP contribution in [0.1, 0.15) is 0 Å². The predicted molar refractivity (Wildman–Crippen MR) is 239 cm³/mol. The average Bonchev–Trinajstić information content (AvgIpc) is 3.83. The van der Waals surface area contributed by atoms with Crippen LogP contribution in [0.5, 0.6) is 0 Å². The second-order valence-corrected chi connectivity index (χ2v) is 14.5. The Morgan fingerprint density at radius 2 is 0.895 bits per heavy atom. The summed E-state index contributed by atoms with van der Waals surface area (Å²) < 4.78 is 8.79. The molecule has 0 aliphatic heterocycles. The molecule has 0 aliphatic carbocycles. The third kappa shape index (κ3) is 5.60. The third-order valence-electron chi connectivity index (χ3n) is 11.2. The van der Waals surface area contributed by atoms with Gasteiger partial charge in [0.05, 0.1) is 22.4 Å². The van der Waals surface area contributed by atoms with Gasteiger partial charge in [0.2, 0.25) is 0 Å². The molecule has 3 nitrogen and oxygen atoms in total. The number of rotatable bonds is 7. The minimum Gasteiger partial charge on any atom is -0.456 e. The Bertz CT molecular complexity index is 3210. The smallest absolute Gasteiger partial charge is 0.136 e. The molecule has 57 heavy (non-hydrogen) atoms. The molecule has 268 valence electrons. The molecule has 0 bridgehead atoms. The van der Waals surface area contributed by atoms with Crippen molar-refractivity contribution in [2.75, 3.05) is 4.90 Å². The van der Waals surface area contributed by atoms with Gasteiger partial charge in [0, 0.05) is 38.5 Å². The average molecular weight is 729 g/mol. The van der Waals surface area contributed by atoms with E-state index in [-0.39, 0.29) is 0 Å². The zero-order chi connectivity index (χ0) is 37.7. The predicted octanol–water partition coefficient (Wildman–Crippen LogP) is 15.2. The largest absolute Gasteiger partial charge is 0.456 e. The van der Waals surface area contributed by atoms with Crippen LogP contribution in [0.2, 0.25) is 0 Å². The van der Waals surface area contributed by atoms with Gasteiger partial charge in [0.1, 0.15) is 11.2 Å². The van der Waals surface area contributed by atoms with E-state index in [4.69, 9.17) is 4.42 Å². The van der Waals surface area contributed by atoms with Gasteiger partial charge in [-0.1, -0.05) is 152 Å². The Morgan fingerprint density at radius 1 is 0.351 bits per heavy atom. The molecule has 0 fully saturated rings. The molecular formula is C54H36N2O. The van der Waals surface area contributed by atoms with Crippen molar-refractivity contribution in [1.82, 2.24) is 4.57 Å². The van der Waals surface area contributed by atoms with E-state index in [9.17, 15) is 0 Å². The lowest BCUT2D eigenvalue weighted by Gasteiger charge is -2.29. The molecule has 0 unspecified atom stereocenters. The first-order chi connectivity index (χ1) is 28.3. The first kappa shape index (κ1) is 32.8. The summed E-state index contributed by atoms with van der Waals surface area (Å²) in [5.74, 6) is 0. The summed E-state index contributed by atoms with van der Waals surface area (Å²) >= 11 is 0. The molecular weight excluding hydrogens is 693 g/mol. The number of para-hydroxylation sites is 4. The second-order valence-electron chi connectivity index (χ2n) is 14.5. The molecule has 0 radical (unpaired) electrons. The van der Waals surface area contributed by atoms with Crippen molar-refractivity contribution in [3.05, 3.63) is 218 Å². The van der Waals surface area contributed by atoms with Crippen LogP contribution in [0.25, 0.3) is 82.8 Å². The van der Waals surface area contributed by atoms with E-state index < -0.39 is 0 Å². The zero-order valence-corrected chi connectivity index (χ0v) is 31.1. The molecule has 3 heteroatoms. The molecule has 11 rings (SSSR count). The minimum atomic E-state index is 0.880. The summed E-state index contributed by atoms with van der Waals surface area (Å²) in [4.78, 5) is 2.44. The molecule has 9 aromatic carbocycles. The van der Waals surface area contributed by atoms with Crippen molar-refractivity contribution in [3.63, 3.8) is 0 Å². The maximum Gasteiger partial charge on any atom is 0.136 e. The third-order valence-corrected chi connectivity index (χ3v) is 11.2. The number of hydrogen-bond donors (Lipinski definition) is 0. The van der Waals surface area contributed by atoms with E-state index in [1.165, 1.54) is 38.5 Å². The molecule has 0 amide bonds. The monoisotopic (exact) mass is 728 g/mol. The maximum atomic E-state index is 6.41. The van der Waals surface area contributed by atoms with Crippen molar-refractivity contribution in [3.8, 4) is 39.1 Å². The summed E-state index contributed by atoms with van der Waals surface area (Å²) in [6.45, 7) is 0. The zero-order valence-electron chi connectivity index (χ0n) is 31.1. The molecule has 2 heterocycles. The number of nitrogens with zero attached hydrogens (tertiary/aromatic N) is 2. The minimum absolute atomic E-state index is 0.880. The van der Waals surface area contributed by atoms with Crippen LogP contribution in [-0.4, -0.2) is 4.57 Å². The molecule has 0 spiro atoms. The van der Waals surface area contributed by atoms with E-state index in [1.54, 1.807) is 0 Å². The number of fused-ring (bicyclic) bond motifs is 6. The summed E-state index contributed by atoms with van der Waals surface area (Å²) in [6, 6.07) is 78.1. The fourth-order valence-corrected chi connectivity index (χ4v) is 8.54. The van der Waals surface area contributed by atoms with Crippen molar-refractivity contribution in [2.45, 2.75) is 0 Å². The van der Waals surface area contributed by atoms with E-state index in [0.29, 0.717) is 0 Å². The van der Waals surface area contributed by atoms with E-state index in [0.717, 1.165) is 61.3 Å². The number of hydrogen-bond acceptors (Lipinski definition) is 2. The Kier molecular flexibility index (Phi) is 7.82. The summed E-state index contributed by atoms with van der Waals surface area (Å²) in [7, 11) is 0. The fraction of sp³-hybridized carbons (Fsp3) is 0. The van der Waals surface area contributed by atoms with Gasteiger partial charge >= 0.3 is 0 Å². The Labute approximate surface area is 330 Å². The highest BCUT2D eigenvalue weighted by atomic mass is 16.3. The van der Waals surface area contributed by atoms with Crippen molar-refractivity contribution in [1.29, 1.82) is 0 Å². The van der Waals surface area contributed by atoms with Gasteiger partial charge in [-0.15, -0.1) is 0 Å². The molecule has 11 aromatic rings. The molecule has 0 aliphatic rings. The molecule has 2 aromatic heterocycles. The molecule has 0 atom stereocenters. The highest BCUT2D eigenvalue weighted by molar-refractivity contribution is 6.17. The Hall–Kier alpha value is -7.62. The highest BCUT2D eigenvalue weighted by Gasteiger charge is 2.23. The summed E-state index contributed by atoms with van der Waals surface area (Å²) in [5, 5.41) is 4.65. The SMILES string of the molecule is c1ccc(-c2ccc(-c3ccc(N(c4ccccc4-c4ccc5c(c4)oc4ccccc45)c4cccc5c4c4ccccc4n5-c4ccccc4)cc3)cc2)cc1. The highest BCUT2D eigenvalue weighted by Crippen LogP contribution is 2.47. The normalized spacial score (nSPS) is 11.5. The number of benzene rings is 9. The van der Waals surface area contributed by atoms with Crippen molar-refractivity contribution < 1.29 is 4.42 Å².